The van der Waals surface area contributed by atoms with Crippen LogP contribution in [0.4, 0.5) is 16.2 Å². The number of nitrogens with one attached hydrogen (secondary N) is 1. The molecule has 0 saturated heterocycles. The minimum absolute atomic E-state index is 0.00723. The fourth-order valence-electron chi connectivity index (χ4n) is 6.80. The van der Waals surface area contributed by atoms with Gasteiger partial charge in [0, 0.05) is 42.7 Å². The van der Waals surface area contributed by atoms with Gasteiger partial charge in [0.2, 0.25) is 5.91 Å². The van der Waals surface area contributed by atoms with E-state index < -0.39 is 12.1 Å². The van der Waals surface area contributed by atoms with Crippen molar-refractivity contribution in [2.24, 2.45) is 10.7 Å². The second kappa shape index (κ2) is 15.7. The van der Waals surface area contributed by atoms with Gasteiger partial charge in [0.25, 0.3) is 0 Å². The Morgan fingerprint density at radius 2 is 1.63 bits per heavy atom. The van der Waals surface area contributed by atoms with Gasteiger partial charge in [-0.25, -0.2) is 9.79 Å². The average Bonchev–Trinajstić information content (AvgIpc) is 3.07. The molecule has 2 aromatic carbocycles. The number of aliphatic imine (C=N–C) groups is 1. The van der Waals surface area contributed by atoms with Crippen LogP contribution in [0.25, 0.3) is 0 Å². The number of rotatable bonds is 11. The van der Waals surface area contributed by atoms with Gasteiger partial charge in [0.05, 0.1) is 12.8 Å². The summed E-state index contributed by atoms with van der Waals surface area (Å²) in [5.41, 5.74) is 9.31. The van der Waals surface area contributed by atoms with Gasteiger partial charge in [-0.3, -0.25) is 19.7 Å². The Bertz CT molecular complexity index is 1430. The highest BCUT2D eigenvalue weighted by Gasteiger charge is 2.32. The van der Waals surface area contributed by atoms with E-state index in [1.54, 1.807) is 47.4 Å². The molecule has 3 N–H and O–H groups in total. The Balaban J connectivity index is 1.16. The van der Waals surface area contributed by atoms with Crippen molar-refractivity contribution in [1.29, 1.82) is 0 Å². The van der Waals surface area contributed by atoms with Crippen LogP contribution in [0.3, 0.4) is 0 Å². The number of fused-ring (bicyclic) bond motifs is 1. The molecule has 0 atom stereocenters. The van der Waals surface area contributed by atoms with Gasteiger partial charge in [-0.1, -0.05) is 50.7 Å². The predicted octanol–water partition coefficient (Wildman–Crippen LogP) is 5.83. The topological polar surface area (TPSA) is 144 Å². The molecule has 11 heteroatoms. The van der Waals surface area contributed by atoms with E-state index in [0.29, 0.717) is 34.6 Å². The van der Waals surface area contributed by atoms with Crippen molar-refractivity contribution in [2.45, 2.75) is 102 Å². The molecule has 0 spiro atoms. The summed E-state index contributed by atoms with van der Waals surface area (Å²) in [7, 11) is 1.28. The Hall–Kier alpha value is -4.41. The van der Waals surface area contributed by atoms with Crippen molar-refractivity contribution >= 4 is 41.1 Å². The van der Waals surface area contributed by atoms with Crippen LogP contribution in [0.2, 0.25) is 0 Å². The average molecular weight is 632 g/mol. The first-order valence-electron chi connectivity index (χ1n) is 16.5. The SMILES string of the molecule is COC(=O)Nc1cccc(COC(=O)CN2Cc3cc(C(=O)CCC(=O)N(C4CCCCC4)C4CCCCC4)ccc3N=C2N)c1. The molecule has 0 bridgehead atoms. The lowest BCUT2D eigenvalue weighted by atomic mass is 9.88. The highest BCUT2D eigenvalue weighted by Crippen LogP contribution is 2.32. The van der Waals surface area contributed by atoms with Crippen LogP contribution in [-0.2, 0) is 32.2 Å². The number of carbonyl (C=O) groups excluding carboxylic acids is 4. The molecule has 2 saturated carbocycles. The summed E-state index contributed by atoms with van der Waals surface area (Å²) in [5.74, 6) is -0.289. The number of ketones is 1. The van der Waals surface area contributed by atoms with Crippen molar-refractivity contribution in [3.05, 3.63) is 59.2 Å². The van der Waals surface area contributed by atoms with Crippen molar-refractivity contribution in [3.8, 4) is 0 Å². The summed E-state index contributed by atoms with van der Waals surface area (Å²) in [6, 6.07) is 12.8. The van der Waals surface area contributed by atoms with Crippen LogP contribution in [0.15, 0.2) is 47.5 Å². The number of anilines is 1. The quantitative estimate of drug-likeness (QED) is 0.233. The number of nitrogens with zero attached hydrogens (tertiary/aromatic N) is 3. The minimum Gasteiger partial charge on any atom is -0.459 e. The third kappa shape index (κ3) is 8.64. The van der Waals surface area contributed by atoms with Crippen LogP contribution in [-0.4, -0.2) is 65.3 Å². The van der Waals surface area contributed by atoms with Crippen LogP contribution in [0, 0.1) is 0 Å². The molecule has 3 aliphatic rings. The zero-order chi connectivity index (χ0) is 32.5. The van der Waals surface area contributed by atoms with Crippen LogP contribution < -0.4 is 11.1 Å². The zero-order valence-electron chi connectivity index (χ0n) is 26.7. The second-order valence-electron chi connectivity index (χ2n) is 12.5. The van der Waals surface area contributed by atoms with Crippen LogP contribution >= 0.6 is 0 Å². The third-order valence-corrected chi connectivity index (χ3v) is 9.19. The number of nitrogens with two attached hydrogens (primary N) is 1. The van der Waals surface area contributed by atoms with Gasteiger partial charge in [-0.05, 0) is 67.1 Å². The maximum Gasteiger partial charge on any atom is 0.411 e. The molecule has 0 unspecified atom stereocenters. The van der Waals surface area contributed by atoms with E-state index in [9.17, 15) is 19.2 Å². The number of methoxy groups -OCH3 is 1. The van der Waals surface area contributed by atoms with Gasteiger partial charge in [0.1, 0.15) is 13.2 Å². The summed E-state index contributed by atoms with van der Waals surface area (Å²) in [6.45, 7) is 0.169. The van der Waals surface area contributed by atoms with Crippen LogP contribution in [0.5, 0.6) is 0 Å². The molecule has 1 aliphatic heterocycles. The Morgan fingerprint density at radius 3 is 2.30 bits per heavy atom. The van der Waals surface area contributed by atoms with Gasteiger partial charge >= 0.3 is 12.1 Å². The number of benzene rings is 2. The number of ether oxygens (including phenoxy) is 2. The maximum absolute atomic E-state index is 13.6. The highest BCUT2D eigenvalue weighted by molar-refractivity contribution is 5.99. The smallest absolute Gasteiger partial charge is 0.411 e. The van der Waals surface area contributed by atoms with E-state index in [1.165, 1.54) is 45.6 Å². The summed E-state index contributed by atoms with van der Waals surface area (Å²) < 4.78 is 10.1. The lowest BCUT2D eigenvalue weighted by Gasteiger charge is -2.42. The molecule has 2 fully saturated rings. The Kier molecular flexibility index (Phi) is 11.3. The van der Waals surface area contributed by atoms with Crippen LogP contribution in [0.1, 0.15) is 98.5 Å². The molecule has 246 valence electrons. The lowest BCUT2D eigenvalue weighted by molar-refractivity contribution is -0.145. The molecule has 2 amide bonds. The highest BCUT2D eigenvalue weighted by atomic mass is 16.5. The second-order valence-corrected chi connectivity index (χ2v) is 12.5. The predicted molar refractivity (Wildman–Crippen MR) is 175 cm³/mol. The summed E-state index contributed by atoms with van der Waals surface area (Å²) >= 11 is 0. The van der Waals surface area contributed by atoms with E-state index >= 15 is 0 Å². The zero-order valence-corrected chi connectivity index (χ0v) is 26.7. The number of esters is 1. The molecular weight excluding hydrogens is 586 g/mol. The molecule has 11 nitrogen and oxygen atoms in total. The minimum atomic E-state index is -0.594. The fraction of sp³-hybridized carbons (Fsp3) is 0.514. The number of amides is 2. The number of hydrogen-bond acceptors (Lipinski definition) is 9. The Morgan fingerprint density at radius 1 is 0.935 bits per heavy atom. The largest absolute Gasteiger partial charge is 0.459 e. The molecule has 46 heavy (non-hydrogen) atoms. The molecule has 2 aromatic rings. The van der Waals surface area contributed by atoms with Gasteiger partial charge < -0.3 is 25.0 Å². The fourth-order valence-corrected chi connectivity index (χ4v) is 6.80. The van der Waals surface area contributed by atoms with E-state index in [0.717, 1.165) is 31.2 Å². The monoisotopic (exact) mass is 631 g/mol. The van der Waals surface area contributed by atoms with Gasteiger partial charge in [0.15, 0.2) is 11.7 Å². The molecule has 1 heterocycles. The molecular formula is C35H45N5O6. The first-order valence-corrected chi connectivity index (χ1v) is 16.5. The lowest BCUT2D eigenvalue weighted by Crippen LogP contribution is -2.48. The summed E-state index contributed by atoms with van der Waals surface area (Å²) in [4.78, 5) is 59.3. The van der Waals surface area contributed by atoms with Crippen molar-refractivity contribution in [2.75, 3.05) is 19.0 Å². The standard InChI is InChI=1S/C35H45N5O6/c1-45-35(44)37-27-10-8-9-24(19-27)23-46-33(43)22-39-21-26-20-25(15-16-30(26)38-34(39)36)31(41)17-18-32(42)40(28-11-4-2-5-12-28)29-13-6-3-7-14-29/h8-10,15-16,19-20,28-29H,2-7,11-14,17-18,21-23H2,1H3,(H2,36,38)(H,37,44). The van der Waals surface area contributed by atoms with E-state index in [1.807, 2.05) is 0 Å². The molecule has 5 rings (SSSR count). The Labute approximate surface area is 270 Å². The summed E-state index contributed by atoms with van der Waals surface area (Å²) in [6.07, 6.45) is 11.2. The van der Waals surface area contributed by atoms with Crippen molar-refractivity contribution < 1.29 is 28.7 Å². The van der Waals surface area contributed by atoms with Crippen molar-refractivity contribution in [1.82, 2.24) is 9.80 Å². The van der Waals surface area contributed by atoms with E-state index in [2.05, 4.69) is 19.9 Å². The first kappa shape index (κ1) is 33.0. The third-order valence-electron chi connectivity index (χ3n) is 9.19. The number of hydrogen-bond donors (Lipinski definition) is 2. The van der Waals surface area contributed by atoms with Gasteiger partial charge in [-0.2, -0.15) is 0 Å². The van der Waals surface area contributed by atoms with Crippen molar-refractivity contribution in [3.63, 3.8) is 0 Å². The normalized spacial score (nSPS) is 17.0. The maximum atomic E-state index is 13.6. The number of guanidine groups is 1. The first-order chi connectivity index (χ1) is 22.3. The van der Waals surface area contributed by atoms with E-state index in [4.69, 9.17) is 10.5 Å². The molecule has 0 radical (unpaired) electrons. The van der Waals surface area contributed by atoms with E-state index in [-0.39, 0.29) is 50.2 Å². The summed E-state index contributed by atoms with van der Waals surface area (Å²) in [5, 5.41) is 2.57. The molecule has 0 aromatic heterocycles. The number of Topliss-reactive ketones (excluding diaryl/α,β-unsaturated/α-hetero) is 1. The van der Waals surface area contributed by atoms with Gasteiger partial charge in [-0.15, -0.1) is 0 Å². The molecule has 2 aliphatic carbocycles. The number of carbonyl (C=O) groups is 4.